The molecule has 0 atom stereocenters. The molecule has 0 spiro atoms. The van der Waals surface area contributed by atoms with Gasteiger partial charge in [-0.25, -0.2) is 9.97 Å². The Labute approximate surface area is 185 Å². The van der Waals surface area contributed by atoms with Crippen molar-refractivity contribution in [1.82, 2.24) is 20.2 Å². The molecule has 10 heteroatoms. The van der Waals surface area contributed by atoms with E-state index in [1.54, 1.807) is 18.4 Å². The predicted octanol–water partition coefficient (Wildman–Crippen LogP) is 5.07. The van der Waals surface area contributed by atoms with Crippen molar-refractivity contribution in [2.45, 2.75) is 24.8 Å². The number of hydrogen-bond donors (Lipinski definition) is 1. The van der Waals surface area contributed by atoms with Gasteiger partial charge in [-0.15, -0.1) is 21.5 Å². The van der Waals surface area contributed by atoms with Crippen molar-refractivity contribution in [1.29, 1.82) is 0 Å². The van der Waals surface area contributed by atoms with Gasteiger partial charge in [-0.2, -0.15) is 0 Å². The lowest BCUT2D eigenvalue weighted by Gasteiger charge is -2.06. The topological polar surface area (TPSA) is 89.9 Å². The number of aromatic nitrogens is 4. The number of carbonyl (C=O) groups is 1. The van der Waals surface area contributed by atoms with Crippen molar-refractivity contribution in [2.75, 3.05) is 18.2 Å². The van der Waals surface area contributed by atoms with Crippen molar-refractivity contribution in [3.63, 3.8) is 0 Å². The fraction of sp³-hybridized carbons (Fsp3) is 0.250. The van der Waals surface area contributed by atoms with Crippen LogP contribution in [0.5, 0.6) is 5.75 Å². The van der Waals surface area contributed by atoms with Crippen LogP contribution in [0.2, 0.25) is 0 Å². The van der Waals surface area contributed by atoms with Gasteiger partial charge in [-0.3, -0.25) is 10.1 Å². The van der Waals surface area contributed by atoms with E-state index in [1.807, 2.05) is 38.1 Å². The van der Waals surface area contributed by atoms with Crippen LogP contribution in [0.15, 0.2) is 41.0 Å². The number of fused-ring (bicyclic) bond motifs is 1. The number of nitrogens with zero attached hydrogens (tertiary/aromatic N) is 4. The number of rotatable bonds is 7. The van der Waals surface area contributed by atoms with Crippen LogP contribution in [0.4, 0.5) is 5.13 Å². The van der Waals surface area contributed by atoms with E-state index in [4.69, 9.17) is 4.74 Å². The quantitative estimate of drug-likeness (QED) is 0.306. The summed E-state index contributed by atoms with van der Waals surface area (Å²) in [7, 11) is 1.65. The van der Waals surface area contributed by atoms with Gasteiger partial charge in [0.15, 0.2) is 0 Å². The molecule has 7 nitrogen and oxygen atoms in total. The largest absolute Gasteiger partial charge is 0.497 e. The number of hydrogen-bond acceptors (Lipinski definition) is 9. The number of nitrogens with one attached hydrogen (secondary N) is 1. The molecule has 1 N–H and O–H groups in total. The number of anilines is 1. The lowest BCUT2D eigenvalue weighted by atomic mass is 10.1. The second-order valence-corrected chi connectivity index (χ2v) is 9.51. The van der Waals surface area contributed by atoms with Crippen LogP contribution >= 0.6 is 34.4 Å². The van der Waals surface area contributed by atoms with Gasteiger partial charge in [0.1, 0.15) is 26.9 Å². The molecule has 4 aromatic rings. The molecule has 1 aromatic carbocycles. The average molecular weight is 458 g/mol. The van der Waals surface area contributed by atoms with E-state index in [9.17, 15) is 4.79 Å². The Morgan fingerprint density at radius 2 is 2.00 bits per heavy atom. The highest BCUT2D eigenvalue weighted by Gasteiger charge is 2.16. The van der Waals surface area contributed by atoms with Crippen molar-refractivity contribution in [3.8, 4) is 16.9 Å². The Hall–Kier alpha value is -2.56. The fourth-order valence-electron chi connectivity index (χ4n) is 2.75. The Kier molecular flexibility index (Phi) is 6.26. The number of thiophene rings is 1. The maximum atomic E-state index is 12.4. The highest BCUT2D eigenvalue weighted by atomic mass is 32.2. The van der Waals surface area contributed by atoms with Crippen molar-refractivity contribution in [2.24, 2.45) is 0 Å². The zero-order chi connectivity index (χ0) is 21.1. The third kappa shape index (κ3) is 4.45. The molecule has 0 fully saturated rings. The highest BCUT2D eigenvalue weighted by molar-refractivity contribution is 8.00. The zero-order valence-corrected chi connectivity index (χ0v) is 19.0. The van der Waals surface area contributed by atoms with Gasteiger partial charge >= 0.3 is 0 Å². The molecule has 0 radical (unpaired) electrons. The number of amides is 1. The molecule has 154 valence electrons. The number of ether oxygens (including phenoxy) is 1. The standard InChI is InChI=1S/C20H19N5O2S3/c1-11(2)17-24-25-20(30-17)23-15(26)9-29-19-16-14(8-28-18(16)21-10-22-19)12-4-6-13(27-3)7-5-12/h4-8,10-11H,9H2,1-3H3,(H,23,25,26). The summed E-state index contributed by atoms with van der Waals surface area (Å²) in [4.78, 5) is 22.1. The van der Waals surface area contributed by atoms with Crippen molar-refractivity contribution in [3.05, 3.63) is 41.0 Å². The van der Waals surface area contributed by atoms with E-state index in [2.05, 4.69) is 30.9 Å². The van der Waals surface area contributed by atoms with E-state index in [0.29, 0.717) is 5.13 Å². The fourth-order valence-corrected chi connectivity index (χ4v) is 5.30. The van der Waals surface area contributed by atoms with Crippen LogP contribution < -0.4 is 10.1 Å². The Morgan fingerprint density at radius 3 is 2.70 bits per heavy atom. The summed E-state index contributed by atoms with van der Waals surface area (Å²) in [5.41, 5.74) is 2.10. The number of thioether (sulfide) groups is 1. The molecule has 0 bridgehead atoms. The van der Waals surface area contributed by atoms with Crippen molar-refractivity contribution < 1.29 is 9.53 Å². The first kappa shape index (κ1) is 20.7. The number of benzene rings is 1. The van der Waals surface area contributed by atoms with Crippen LogP contribution in [0.25, 0.3) is 21.3 Å². The predicted molar refractivity (Wildman–Crippen MR) is 123 cm³/mol. The molecule has 0 saturated carbocycles. The van der Waals surface area contributed by atoms with Gasteiger partial charge in [0.05, 0.1) is 18.2 Å². The van der Waals surface area contributed by atoms with Gasteiger partial charge < -0.3 is 4.74 Å². The maximum Gasteiger partial charge on any atom is 0.236 e. The lowest BCUT2D eigenvalue weighted by Crippen LogP contribution is -2.14. The average Bonchev–Trinajstić information content (AvgIpc) is 3.40. The Bertz CT molecular complexity index is 1170. The third-order valence-electron chi connectivity index (χ3n) is 4.26. The Balaban J connectivity index is 1.52. The molecule has 0 aliphatic rings. The zero-order valence-electron chi connectivity index (χ0n) is 16.6. The normalized spacial score (nSPS) is 11.2. The summed E-state index contributed by atoms with van der Waals surface area (Å²) in [5, 5.41) is 16.2. The summed E-state index contributed by atoms with van der Waals surface area (Å²) >= 11 is 4.35. The molecule has 0 saturated heterocycles. The first-order chi connectivity index (χ1) is 14.5. The minimum atomic E-state index is -0.139. The highest BCUT2D eigenvalue weighted by Crippen LogP contribution is 2.38. The van der Waals surface area contributed by atoms with Crippen molar-refractivity contribution >= 4 is 55.7 Å². The molecular weight excluding hydrogens is 438 g/mol. The van der Waals surface area contributed by atoms with E-state index in [-0.39, 0.29) is 17.6 Å². The minimum absolute atomic E-state index is 0.139. The monoisotopic (exact) mass is 457 g/mol. The molecule has 3 heterocycles. The van der Waals surface area contributed by atoms with E-state index < -0.39 is 0 Å². The number of methoxy groups -OCH3 is 1. The third-order valence-corrected chi connectivity index (χ3v) is 7.27. The van der Waals surface area contributed by atoms with Crippen LogP contribution in [0.3, 0.4) is 0 Å². The van der Waals surface area contributed by atoms with Gasteiger partial charge in [-0.05, 0) is 17.7 Å². The lowest BCUT2D eigenvalue weighted by molar-refractivity contribution is -0.113. The van der Waals surface area contributed by atoms with Gasteiger partial charge in [0, 0.05) is 16.9 Å². The molecular formula is C20H19N5O2S3. The first-order valence-corrected chi connectivity index (χ1v) is 11.9. The molecule has 0 aliphatic carbocycles. The Morgan fingerprint density at radius 1 is 1.20 bits per heavy atom. The molecule has 0 aliphatic heterocycles. The van der Waals surface area contributed by atoms with E-state index >= 15 is 0 Å². The minimum Gasteiger partial charge on any atom is -0.497 e. The second-order valence-electron chi connectivity index (χ2n) is 6.67. The van der Waals surface area contributed by atoms with Gasteiger partial charge in [0.25, 0.3) is 0 Å². The second kappa shape index (κ2) is 9.07. The molecule has 30 heavy (non-hydrogen) atoms. The summed E-state index contributed by atoms with van der Waals surface area (Å²) in [6.45, 7) is 4.09. The molecule has 1 amide bonds. The van der Waals surface area contributed by atoms with Crippen LogP contribution in [-0.2, 0) is 4.79 Å². The summed E-state index contributed by atoms with van der Waals surface area (Å²) in [5.74, 6) is 1.17. The van der Waals surface area contributed by atoms with Crippen LogP contribution in [-0.4, -0.2) is 38.9 Å². The van der Waals surface area contributed by atoms with Gasteiger partial charge in [0.2, 0.25) is 11.0 Å². The van der Waals surface area contributed by atoms with E-state index in [1.165, 1.54) is 29.4 Å². The van der Waals surface area contributed by atoms with Crippen LogP contribution in [0.1, 0.15) is 24.8 Å². The van der Waals surface area contributed by atoms with E-state index in [0.717, 1.165) is 37.1 Å². The molecule has 3 aromatic heterocycles. The van der Waals surface area contributed by atoms with Crippen LogP contribution in [0, 0.1) is 0 Å². The van der Waals surface area contributed by atoms with Gasteiger partial charge in [-0.1, -0.05) is 49.1 Å². The first-order valence-electron chi connectivity index (χ1n) is 9.18. The SMILES string of the molecule is COc1ccc(-c2csc3ncnc(SCC(=O)Nc4nnc(C(C)C)s4)c23)cc1. The summed E-state index contributed by atoms with van der Waals surface area (Å²) in [6.07, 6.45) is 1.54. The number of carbonyl (C=O) groups excluding carboxylic acids is 1. The maximum absolute atomic E-state index is 12.4. The molecule has 0 unspecified atom stereocenters. The molecule has 4 rings (SSSR count). The summed E-state index contributed by atoms with van der Waals surface area (Å²) in [6, 6.07) is 7.87. The summed E-state index contributed by atoms with van der Waals surface area (Å²) < 4.78 is 5.25. The smallest absolute Gasteiger partial charge is 0.236 e.